The topological polar surface area (TPSA) is 46.3 Å². The van der Waals surface area contributed by atoms with Gasteiger partial charge in [-0.25, -0.2) is 0 Å². The van der Waals surface area contributed by atoms with Crippen molar-refractivity contribution in [3.05, 3.63) is 51.9 Å². The largest absolute Gasteiger partial charge is 0.361 e. The second kappa shape index (κ2) is 6.60. The van der Waals surface area contributed by atoms with E-state index in [0.717, 1.165) is 48.3 Å². The number of nitrogens with zero attached hydrogens (tertiary/aromatic N) is 2. The Kier molecular flexibility index (Phi) is 4.68. The first-order valence-corrected chi connectivity index (χ1v) is 8.75. The lowest BCUT2D eigenvalue weighted by Gasteiger charge is -2.33. The number of hydrogen-bond donors (Lipinski definition) is 0. The Morgan fingerprint density at radius 1 is 1.25 bits per heavy atom. The van der Waals surface area contributed by atoms with Gasteiger partial charge in [-0.3, -0.25) is 4.79 Å². The fraction of sp³-hybridized carbons (Fsp3) is 0.474. The average molecular weight is 347 g/mol. The molecule has 1 aromatic carbocycles. The third-order valence-corrected chi connectivity index (χ3v) is 5.44. The van der Waals surface area contributed by atoms with Crippen LogP contribution in [0.3, 0.4) is 0 Å². The molecular formula is C19H23ClN2O2. The first-order valence-electron chi connectivity index (χ1n) is 8.37. The smallest absolute Gasteiger partial charge is 0.233 e. The van der Waals surface area contributed by atoms with Crippen LogP contribution < -0.4 is 0 Å². The van der Waals surface area contributed by atoms with Gasteiger partial charge < -0.3 is 9.42 Å². The molecule has 1 amide bonds. The van der Waals surface area contributed by atoms with Crippen LogP contribution in [0.5, 0.6) is 0 Å². The van der Waals surface area contributed by atoms with Crippen molar-refractivity contribution in [1.82, 2.24) is 10.1 Å². The SMILES string of the molecule is Cc1noc(C)c1CN(C)C(=O)C1(c2ccc(Cl)cc2)CCCC1. The zero-order chi connectivity index (χ0) is 17.3. The lowest BCUT2D eigenvalue weighted by atomic mass is 9.77. The molecule has 1 aromatic heterocycles. The predicted molar refractivity (Wildman–Crippen MR) is 94.0 cm³/mol. The Morgan fingerprint density at radius 3 is 2.42 bits per heavy atom. The molecule has 0 saturated heterocycles. The molecule has 0 aliphatic heterocycles. The summed E-state index contributed by atoms with van der Waals surface area (Å²) in [6, 6.07) is 7.74. The second-order valence-corrected chi connectivity index (χ2v) is 7.20. The number of benzene rings is 1. The number of carbonyl (C=O) groups excluding carboxylic acids is 1. The number of likely N-dealkylation sites (N-methyl/N-ethyl adjacent to an activating group) is 1. The van der Waals surface area contributed by atoms with Gasteiger partial charge in [0.15, 0.2) is 0 Å². The molecule has 1 saturated carbocycles. The van der Waals surface area contributed by atoms with Crippen LogP contribution in [0.15, 0.2) is 28.8 Å². The van der Waals surface area contributed by atoms with Gasteiger partial charge in [0.2, 0.25) is 5.91 Å². The zero-order valence-corrected chi connectivity index (χ0v) is 15.2. The molecule has 24 heavy (non-hydrogen) atoms. The van der Waals surface area contributed by atoms with Crippen LogP contribution in [0, 0.1) is 13.8 Å². The van der Waals surface area contributed by atoms with Crippen molar-refractivity contribution >= 4 is 17.5 Å². The Labute approximate surface area is 147 Å². The minimum Gasteiger partial charge on any atom is -0.361 e. The van der Waals surface area contributed by atoms with Crippen molar-refractivity contribution in [2.75, 3.05) is 7.05 Å². The summed E-state index contributed by atoms with van der Waals surface area (Å²) in [5.41, 5.74) is 2.48. The first kappa shape index (κ1) is 17.0. The maximum absolute atomic E-state index is 13.3. The van der Waals surface area contributed by atoms with Crippen molar-refractivity contribution in [1.29, 1.82) is 0 Å². The van der Waals surface area contributed by atoms with Crippen molar-refractivity contribution in [3.63, 3.8) is 0 Å². The van der Waals surface area contributed by atoms with E-state index in [2.05, 4.69) is 5.16 Å². The minimum atomic E-state index is -0.432. The number of amides is 1. The quantitative estimate of drug-likeness (QED) is 0.823. The highest BCUT2D eigenvalue weighted by molar-refractivity contribution is 6.30. The van der Waals surface area contributed by atoms with E-state index in [0.29, 0.717) is 11.6 Å². The van der Waals surface area contributed by atoms with Crippen LogP contribution in [-0.2, 0) is 16.8 Å². The van der Waals surface area contributed by atoms with Gasteiger partial charge in [0.05, 0.1) is 17.7 Å². The monoisotopic (exact) mass is 346 g/mol. The average Bonchev–Trinajstić information content (AvgIpc) is 3.18. The Bertz CT molecular complexity index is 711. The van der Waals surface area contributed by atoms with E-state index in [1.807, 2.05) is 50.1 Å². The van der Waals surface area contributed by atoms with Gasteiger partial charge in [0, 0.05) is 17.6 Å². The number of aromatic nitrogens is 1. The van der Waals surface area contributed by atoms with Crippen LogP contribution in [-0.4, -0.2) is 23.0 Å². The van der Waals surface area contributed by atoms with Gasteiger partial charge in [-0.05, 0) is 44.4 Å². The maximum atomic E-state index is 13.3. The maximum Gasteiger partial charge on any atom is 0.233 e. The molecule has 0 unspecified atom stereocenters. The molecule has 1 heterocycles. The van der Waals surface area contributed by atoms with E-state index in [-0.39, 0.29) is 5.91 Å². The molecular weight excluding hydrogens is 324 g/mol. The summed E-state index contributed by atoms with van der Waals surface area (Å²) in [6.45, 7) is 4.32. The summed E-state index contributed by atoms with van der Waals surface area (Å²) >= 11 is 6.02. The summed E-state index contributed by atoms with van der Waals surface area (Å²) in [7, 11) is 1.87. The predicted octanol–water partition coefficient (Wildman–Crippen LogP) is 4.42. The normalized spacial score (nSPS) is 16.3. The Hall–Kier alpha value is -1.81. The van der Waals surface area contributed by atoms with Crippen molar-refractivity contribution in [2.45, 2.75) is 51.5 Å². The summed E-state index contributed by atoms with van der Waals surface area (Å²) in [5, 5.41) is 4.68. The summed E-state index contributed by atoms with van der Waals surface area (Å²) < 4.78 is 5.22. The van der Waals surface area contributed by atoms with Crippen LogP contribution in [0.4, 0.5) is 0 Å². The molecule has 5 heteroatoms. The molecule has 1 fully saturated rings. The fourth-order valence-corrected chi connectivity index (χ4v) is 3.90. The molecule has 4 nitrogen and oxygen atoms in total. The first-order chi connectivity index (χ1) is 11.4. The third-order valence-electron chi connectivity index (χ3n) is 5.19. The lowest BCUT2D eigenvalue weighted by molar-refractivity contribution is -0.136. The van der Waals surface area contributed by atoms with E-state index in [1.165, 1.54) is 0 Å². The molecule has 1 aliphatic rings. The van der Waals surface area contributed by atoms with Gasteiger partial charge in [0.25, 0.3) is 0 Å². The number of rotatable bonds is 4. The molecule has 1 aliphatic carbocycles. The lowest BCUT2D eigenvalue weighted by Crippen LogP contribution is -2.43. The van der Waals surface area contributed by atoms with E-state index in [4.69, 9.17) is 16.1 Å². The number of hydrogen-bond acceptors (Lipinski definition) is 3. The molecule has 0 N–H and O–H groups in total. The number of aryl methyl sites for hydroxylation is 2. The zero-order valence-electron chi connectivity index (χ0n) is 14.4. The standard InChI is InChI=1S/C19H23ClN2O2/c1-13-17(14(2)24-21-13)12-22(3)18(23)19(10-4-5-11-19)15-6-8-16(20)9-7-15/h6-9H,4-5,10-12H2,1-3H3. The summed E-state index contributed by atoms with van der Waals surface area (Å²) in [4.78, 5) is 15.2. The molecule has 0 bridgehead atoms. The van der Waals surface area contributed by atoms with Gasteiger partial charge in [-0.2, -0.15) is 0 Å². The van der Waals surface area contributed by atoms with Gasteiger partial charge in [0.1, 0.15) is 5.76 Å². The van der Waals surface area contributed by atoms with Crippen molar-refractivity contribution in [3.8, 4) is 0 Å². The Balaban J connectivity index is 1.88. The van der Waals surface area contributed by atoms with Gasteiger partial charge in [-0.1, -0.05) is 41.7 Å². The number of carbonyl (C=O) groups is 1. The summed E-state index contributed by atoms with van der Waals surface area (Å²) in [6.07, 6.45) is 3.93. The highest BCUT2D eigenvalue weighted by Gasteiger charge is 2.44. The van der Waals surface area contributed by atoms with E-state index >= 15 is 0 Å². The highest BCUT2D eigenvalue weighted by atomic mass is 35.5. The molecule has 0 atom stereocenters. The van der Waals surface area contributed by atoms with Gasteiger partial charge >= 0.3 is 0 Å². The minimum absolute atomic E-state index is 0.169. The Morgan fingerprint density at radius 2 is 1.88 bits per heavy atom. The van der Waals surface area contributed by atoms with Crippen LogP contribution in [0.25, 0.3) is 0 Å². The summed E-state index contributed by atoms with van der Waals surface area (Å²) in [5.74, 6) is 0.946. The molecule has 2 aromatic rings. The van der Waals surface area contributed by atoms with Crippen molar-refractivity contribution in [2.24, 2.45) is 0 Å². The molecule has 0 radical (unpaired) electrons. The van der Waals surface area contributed by atoms with E-state index in [1.54, 1.807) is 0 Å². The molecule has 3 rings (SSSR count). The fourth-order valence-electron chi connectivity index (χ4n) is 3.78. The van der Waals surface area contributed by atoms with Crippen LogP contribution in [0.2, 0.25) is 5.02 Å². The van der Waals surface area contributed by atoms with E-state index < -0.39 is 5.41 Å². The van der Waals surface area contributed by atoms with Gasteiger partial charge in [-0.15, -0.1) is 0 Å². The second-order valence-electron chi connectivity index (χ2n) is 6.76. The van der Waals surface area contributed by atoms with Crippen LogP contribution >= 0.6 is 11.6 Å². The van der Waals surface area contributed by atoms with Crippen LogP contribution in [0.1, 0.15) is 48.3 Å². The molecule has 0 spiro atoms. The highest BCUT2D eigenvalue weighted by Crippen LogP contribution is 2.43. The third kappa shape index (κ3) is 2.95. The number of halogens is 1. The molecule has 128 valence electrons. The van der Waals surface area contributed by atoms with E-state index in [9.17, 15) is 4.79 Å². The van der Waals surface area contributed by atoms with Crippen molar-refractivity contribution < 1.29 is 9.32 Å².